The molecule has 1 aliphatic rings. The van der Waals surface area contributed by atoms with Gasteiger partial charge in [-0.3, -0.25) is 9.69 Å². The SMILES string of the molecule is COC(=O)C1(NC(=O)c2ccccc2O)CC(C)(C)N(Cc2ccccc2)C(C)(C)C1. The Morgan fingerprint density at radius 1 is 0.968 bits per heavy atom. The fourth-order valence-corrected chi connectivity index (χ4v) is 5.17. The molecule has 0 aliphatic carbocycles. The number of rotatable bonds is 5. The van der Waals surface area contributed by atoms with Gasteiger partial charge in [0.15, 0.2) is 0 Å². The van der Waals surface area contributed by atoms with Gasteiger partial charge in [0.1, 0.15) is 11.3 Å². The van der Waals surface area contributed by atoms with Gasteiger partial charge in [0, 0.05) is 17.6 Å². The van der Waals surface area contributed by atoms with E-state index in [9.17, 15) is 14.7 Å². The van der Waals surface area contributed by atoms with Gasteiger partial charge in [0.05, 0.1) is 12.7 Å². The van der Waals surface area contributed by atoms with E-state index < -0.39 is 28.5 Å². The molecule has 0 radical (unpaired) electrons. The van der Waals surface area contributed by atoms with Crippen LogP contribution in [0.3, 0.4) is 0 Å². The normalized spacial score (nSPS) is 19.4. The quantitative estimate of drug-likeness (QED) is 0.712. The van der Waals surface area contributed by atoms with Crippen molar-refractivity contribution >= 4 is 11.9 Å². The van der Waals surface area contributed by atoms with Crippen LogP contribution in [0.25, 0.3) is 0 Å². The average Bonchev–Trinajstić information content (AvgIpc) is 2.70. The minimum Gasteiger partial charge on any atom is -0.507 e. The van der Waals surface area contributed by atoms with Gasteiger partial charge >= 0.3 is 5.97 Å². The number of carbonyl (C=O) groups excluding carboxylic acids is 2. The lowest BCUT2D eigenvalue weighted by Crippen LogP contribution is -2.71. The second-order valence-corrected chi connectivity index (χ2v) is 9.60. The van der Waals surface area contributed by atoms with Crippen LogP contribution < -0.4 is 5.32 Å². The average molecular weight is 425 g/mol. The number of para-hydroxylation sites is 1. The Hall–Kier alpha value is -2.86. The molecule has 31 heavy (non-hydrogen) atoms. The standard InChI is InChI=1S/C25H32N2O4/c1-23(2)16-25(22(30)31-5,26-21(29)19-13-9-10-14-20(19)28)17-24(3,4)27(23)15-18-11-7-6-8-12-18/h6-14,28H,15-17H2,1-5H3,(H,26,29). The Morgan fingerprint density at radius 3 is 2.06 bits per heavy atom. The lowest BCUT2D eigenvalue weighted by molar-refractivity contribution is -0.159. The number of aromatic hydroxyl groups is 1. The van der Waals surface area contributed by atoms with Gasteiger partial charge in [0.2, 0.25) is 0 Å². The third-order valence-electron chi connectivity index (χ3n) is 6.19. The van der Waals surface area contributed by atoms with Crippen molar-refractivity contribution in [2.75, 3.05) is 7.11 Å². The lowest BCUT2D eigenvalue weighted by atomic mass is 9.68. The monoisotopic (exact) mass is 424 g/mol. The van der Waals surface area contributed by atoms with Gasteiger partial charge in [0.25, 0.3) is 5.91 Å². The number of esters is 1. The number of likely N-dealkylation sites (tertiary alicyclic amines) is 1. The first-order valence-electron chi connectivity index (χ1n) is 10.5. The van der Waals surface area contributed by atoms with Gasteiger partial charge in [-0.05, 0) is 58.2 Å². The number of phenols is 1. The molecule has 0 bridgehead atoms. The van der Waals surface area contributed by atoms with Crippen LogP contribution in [-0.4, -0.2) is 45.6 Å². The van der Waals surface area contributed by atoms with Crippen molar-refractivity contribution < 1.29 is 19.4 Å². The highest BCUT2D eigenvalue weighted by molar-refractivity contribution is 6.00. The highest BCUT2D eigenvalue weighted by Gasteiger charge is 2.57. The van der Waals surface area contributed by atoms with Gasteiger partial charge < -0.3 is 15.2 Å². The van der Waals surface area contributed by atoms with Crippen LogP contribution in [0.15, 0.2) is 54.6 Å². The summed E-state index contributed by atoms with van der Waals surface area (Å²) >= 11 is 0. The number of hydrogen-bond acceptors (Lipinski definition) is 5. The summed E-state index contributed by atoms with van der Waals surface area (Å²) in [5.74, 6) is -1.09. The maximum Gasteiger partial charge on any atom is 0.331 e. The van der Waals surface area contributed by atoms with E-state index in [2.05, 4.69) is 50.0 Å². The number of phenolic OH excluding ortho intramolecular Hbond substituents is 1. The number of carbonyl (C=O) groups is 2. The molecule has 3 rings (SSSR count). The molecule has 6 nitrogen and oxygen atoms in total. The summed E-state index contributed by atoms with van der Waals surface area (Å²) in [6, 6.07) is 16.5. The summed E-state index contributed by atoms with van der Waals surface area (Å²) in [4.78, 5) is 28.5. The molecule has 2 aromatic carbocycles. The van der Waals surface area contributed by atoms with E-state index in [-0.39, 0.29) is 11.3 Å². The van der Waals surface area contributed by atoms with Crippen molar-refractivity contribution in [1.82, 2.24) is 10.2 Å². The number of piperidine rings is 1. The summed E-state index contributed by atoms with van der Waals surface area (Å²) in [5, 5.41) is 13.1. The maximum atomic E-state index is 13.1. The molecular weight excluding hydrogens is 392 g/mol. The van der Waals surface area contributed by atoms with Gasteiger partial charge in [-0.2, -0.15) is 0 Å². The van der Waals surface area contributed by atoms with Crippen LogP contribution in [-0.2, 0) is 16.1 Å². The molecule has 0 spiro atoms. The Labute approximate surface area is 184 Å². The molecule has 1 saturated heterocycles. The molecular formula is C25H32N2O4. The second-order valence-electron chi connectivity index (χ2n) is 9.60. The fraction of sp³-hybridized carbons (Fsp3) is 0.440. The fourth-order valence-electron chi connectivity index (χ4n) is 5.17. The van der Waals surface area contributed by atoms with Crippen LogP contribution in [0.2, 0.25) is 0 Å². The molecule has 1 amide bonds. The summed E-state index contributed by atoms with van der Waals surface area (Å²) in [6.45, 7) is 9.06. The zero-order valence-electron chi connectivity index (χ0n) is 18.9. The van der Waals surface area contributed by atoms with Gasteiger partial charge in [-0.15, -0.1) is 0 Å². The molecule has 0 atom stereocenters. The number of methoxy groups -OCH3 is 1. The molecule has 166 valence electrons. The first kappa shape index (κ1) is 22.8. The van der Waals surface area contributed by atoms with Crippen molar-refractivity contribution in [2.24, 2.45) is 0 Å². The number of nitrogens with zero attached hydrogens (tertiary/aromatic N) is 1. The topological polar surface area (TPSA) is 78.9 Å². The molecule has 1 fully saturated rings. The summed E-state index contributed by atoms with van der Waals surface area (Å²) in [6.07, 6.45) is 0.755. The maximum absolute atomic E-state index is 13.1. The first-order valence-corrected chi connectivity index (χ1v) is 10.5. The zero-order chi connectivity index (χ0) is 22.9. The third kappa shape index (κ3) is 4.59. The van der Waals surface area contributed by atoms with E-state index in [1.807, 2.05) is 18.2 Å². The number of benzene rings is 2. The number of ether oxygens (including phenoxy) is 1. The molecule has 6 heteroatoms. The van der Waals surface area contributed by atoms with E-state index in [1.165, 1.54) is 24.8 Å². The Balaban J connectivity index is 1.96. The predicted molar refractivity (Wildman–Crippen MR) is 120 cm³/mol. The van der Waals surface area contributed by atoms with E-state index in [1.54, 1.807) is 12.1 Å². The highest BCUT2D eigenvalue weighted by atomic mass is 16.5. The minimum atomic E-state index is -1.21. The first-order chi connectivity index (χ1) is 14.5. The number of hydrogen-bond donors (Lipinski definition) is 2. The Bertz CT molecular complexity index is 935. The Kier molecular flexibility index (Phi) is 6.14. The lowest BCUT2D eigenvalue weighted by Gasteiger charge is -2.58. The van der Waals surface area contributed by atoms with Crippen LogP contribution >= 0.6 is 0 Å². The molecule has 2 aromatic rings. The van der Waals surface area contributed by atoms with Crippen LogP contribution in [0, 0.1) is 0 Å². The van der Waals surface area contributed by atoms with Gasteiger partial charge in [-0.1, -0.05) is 42.5 Å². The van der Waals surface area contributed by atoms with Crippen molar-refractivity contribution in [3.8, 4) is 5.75 Å². The van der Waals surface area contributed by atoms with E-state index >= 15 is 0 Å². The van der Waals surface area contributed by atoms with Crippen molar-refractivity contribution in [1.29, 1.82) is 0 Å². The van der Waals surface area contributed by atoms with Crippen molar-refractivity contribution in [2.45, 2.75) is 63.7 Å². The predicted octanol–water partition coefficient (Wildman–Crippen LogP) is 3.89. The van der Waals surface area contributed by atoms with E-state index in [0.717, 1.165) is 6.54 Å². The third-order valence-corrected chi connectivity index (χ3v) is 6.19. The largest absolute Gasteiger partial charge is 0.507 e. The van der Waals surface area contributed by atoms with Crippen LogP contribution in [0.4, 0.5) is 0 Å². The highest BCUT2D eigenvalue weighted by Crippen LogP contribution is 2.45. The number of amides is 1. The van der Waals surface area contributed by atoms with Crippen molar-refractivity contribution in [3.63, 3.8) is 0 Å². The number of nitrogens with one attached hydrogen (secondary N) is 1. The zero-order valence-corrected chi connectivity index (χ0v) is 18.9. The Morgan fingerprint density at radius 2 is 1.52 bits per heavy atom. The van der Waals surface area contributed by atoms with Crippen LogP contribution in [0.5, 0.6) is 5.75 Å². The van der Waals surface area contributed by atoms with Gasteiger partial charge in [-0.25, -0.2) is 4.79 Å². The molecule has 0 saturated carbocycles. The van der Waals surface area contributed by atoms with E-state index in [4.69, 9.17) is 4.74 Å². The molecule has 0 aromatic heterocycles. The smallest absolute Gasteiger partial charge is 0.331 e. The van der Waals surface area contributed by atoms with Crippen LogP contribution in [0.1, 0.15) is 56.5 Å². The second kappa shape index (κ2) is 8.35. The van der Waals surface area contributed by atoms with E-state index in [0.29, 0.717) is 12.8 Å². The molecule has 1 heterocycles. The molecule has 1 aliphatic heterocycles. The molecule has 0 unspecified atom stereocenters. The summed E-state index contributed by atoms with van der Waals surface area (Å²) in [7, 11) is 1.34. The molecule has 2 N–H and O–H groups in total. The van der Waals surface area contributed by atoms with Crippen molar-refractivity contribution in [3.05, 3.63) is 65.7 Å². The summed E-state index contributed by atoms with van der Waals surface area (Å²) < 4.78 is 5.17. The minimum absolute atomic E-state index is 0.125. The summed E-state index contributed by atoms with van der Waals surface area (Å²) in [5.41, 5.74) is -0.732.